The average molecular weight is 535 g/mol. The average Bonchev–Trinajstić information content (AvgIpc) is 3.23. The lowest BCUT2D eigenvalue weighted by molar-refractivity contribution is -0.122. The number of aryl methyl sites for hydroxylation is 2. The molecule has 0 bridgehead atoms. The third kappa shape index (κ3) is 6.25. The van der Waals surface area contributed by atoms with Crippen molar-refractivity contribution in [2.45, 2.75) is 60.0 Å². The Bertz CT molecular complexity index is 1350. The van der Waals surface area contributed by atoms with E-state index in [1.165, 1.54) is 11.3 Å². The van der Waals surface area contributed by atoms with Crippen LogP contribution >= 0.6 is 11.3 Å². The first-order valence-corrected chi connectivity index (χ1v) is 13.8. The number of rotatable bonds is 8. The van der Waals surface area contributed by atoms with Crippen LogP contribution in [0, 0.1) is 19.8 Å². The van der Waals surface area contributed by atoms with Gasteiger partial charge in [-0.1, -0.05) is 19.1 Å². The predicted molar refractivity (Wildman–Crippen MR) is 150 cm³/mol. The minimum atomic E-state index is -0.735. The van der Waals surface area contributed by atoms with Crippen LogP contribution < -0.4 is 15.4 Å². The maximum Gasteiger partial charge on any atom is 0.341 e. The maximum atomic E-state index is 13.1. The lowest BCUT2D eigenvalue weighted by Crippen LogP contribution is -2.30. The van der Waals surface area contributed by atoms with Crippen molar-refractivity contribution in [3.05, 3.63) is 75.2 Å². The van der Waals surface area contributed by atoms with Crippen LogP contribution in [0.1, 0.15) is 69.5 Å². The number of hydrogen-bond donors (Lipinski definition) is 2. The molecule has 1 heterocycles. The van der Waals surface area contributed by atoms with Gasteiger partial charge in [0.15, 0.2) is 6.10 Å². The van der Waals surface area contributed by atoms with Crippen molar-refractivity contribution in [2.24, 2.45) is 5.92 Å². The molecule has 1 aliphatic carbocycles. The number of nitrogens with one attached hydrogen (secondary N) is 2. The highest BCUT2D eigenvalue weighted by Gasteiger charge is 2.29. The topological polar surface area (TPSA) is 93.7 Å². The molecule has 200 valence electrons. The van der Waals surface area contributed by atoms with E-state index in [2.05, 4.69) is 17.6 Å². The fourth-order valence-corrected chi connectivity index (χ4v) is 5.87. The first kappa shape index (κ1) is 27.4. The van der Waals surface area contributed by atoms with Crippen molar-refractivity contribution in [1.29, 1.82) is 0 Å². The number of anilines is 2. The number of thiophene rings is 1. The Morgan fingerprint density at radius 3 is 2.53 bits per heavy atom. The maximum absolute atomic E-state index is 13.1. The van der Waals surface area contributed by atoms with Gasteiger partial charge in [-0.05, 0) is 99.9 Å². The third-order valence-corrected chi connectivity index (χ3v) is 7.84. The van der Waals surface area contributed by atoms with E-state index in [-0.39, 0.29) is 18.4 Å². The van der Waals surface area contributed by atoms with Gasteiger partial charge in [0.05, 0.1) is 12.2 Å². The molecule has 3 aromatic rings. The standard InChI is InChI=1S/C30H34N2O5S/c1-6-36-30(35)26-23-14-8-18(3)16-25(23)38-29(26)32-28(34)21-10-12-22(13-11-21)37-20(5)27(33)31-24-15-17(2)7-9-19(24)4/h7,9-13,15,18,20H,6,8,14,16H2,1-5H3,(H,31,33)(H,32,34)/t18-,20+/m1/s1. The van der Waals surface area contributed by atoms with E-state index in [4.69, 9.17) is 9.47 Å². The Morgan fingerprint density at radius 1 is 1.08 bits per heavy atom. The second kappa shape index (κ2) is 11.8. The molecule has 0 saturated carbocycles. The Hall–Kier alpha value is -3.65. The molecule has 0 unspecified atom stereocenters. The molecule has 1 aromatic heterocycles. The van der Waals surface area contributed by atoms with Gasteiger partial charge >= 0.3 is 5.97 Å². The van der Waals surface area contributed by atoms with Gasteiger partial charge in [0.2, 0.25) is 0 Å². The smallest absolute Gasteiger partial charge is 0.341 e. The van der Waals surface area contributed by atoms with Crippen LogP contribution in [-0.2, 0) is 22.4 Å². The van der Waals surface area contributed by atoms with E-state index in [1.54, 1.807) is 38.1 Å². The second-order valence-electron chi connectivity index (χ2n) is 9.82. The van der Waals surface area contributed by atoms with Crippen LogP contribution in [0.25, 0.3) is 0 Å². The zero-order valence-electron chi connectivity index (χ0n) is 22.5. The van der Waals surface area contributed by atoms with Crippen molar-refractivity contribution in [3.63, 3.8) is 0 Å². The molecule has 8 heteroatoms. The monoisotopic (exact) mass is 534 g/mol. The molecule has 38 heavy (non-hydrogen) atoms. The van der Waals surface area contributed by atoms with E-state index in [9.17, 15) is 14.4 Å². The van der Waals surface area contributed by atoms with Gasteiger partial charge in [-0.15, -0.1) is 11.3 Å². The number of hydrogen-bond acceptors (Lipinski definition) is 6. The minimum absolute atomic E-state index is 0.261. The zero-order valence-corrected chi connectivity index (χ0v) is 23.3. The van der Waals surface area contributed by atoms with E-state index in [0.717, 1.165) is 46.5 Å². The molecular formula is C30H34N2O5S. The van der Waals surface area contributed by atoms with Gasteiger partial charge in [0.25, 0.3) is 11.8 Å². The number of amides is 2. The lowest BCUT2D eigenvalue weighted by Gasteiger charge is -2.18. The summed E-state index contributed by atoms with van der Waals surface area (Å²) in [4.78, 5) is 39.6. The first-order valence-electron chi connectivity index (χ1n) is 12.9. The highest BCUT2D eigenvalue weighted by atomic mass is 32.1. The summed E-state index contributed by atoms with van der Waals surface area (Å²) in [7, 11) is 0. The molecule has 0 fully saturated rings. The van der Waals surface area contributed by atoms with Gasteiger partial charge in [0, 0.05) is 16.1 Å². The molecule has 0 aliphatic heterocycles. The Kier molecular flexibility index (Phi) is 8.52. The van der Waals surface area contributed by atoms with Crippen molar-refractivity contribution in [3.8, 4) is 5.75 Å². The molecule has 4 rings (SSSR count). The normalized spacial score (nSPS) is 15.2. The molecule has 7 nitrogen and oxygen atoms in total. The van der Waals surface area contributed by atoms with Crippen molar-refractivity contribution < 1.29 is 23.9 Å². The molecule has 2 aromatic carbocycles. The Morgan fingerprint density at radius 2 is 1.82 bits per heavy atom. The van der Waals surface area contributed by atoms with E-state index >= 15 is 0 Å². The fourth-order valence-electron chi connectivity index (χ4n) is 4.48. The summed E-state index contributed by atoms with van der Waals surface area (Å²) in [6, 6.07) is 12.5. The number of benzene rings is 2. The van der Waals surface area contributed by atoms with Gasteiger partial charge in [0.1, 0.15) is 10.8 Å². The Balaban J connectivity index is 1.43. The van der Waals surface area contributed by atoms with Crippen LogP contribution in [0.5, 0.6) is 5.75 Å². The van der Waals surface area contributed by atoms with Crippen molar-refractivity contribution >= 4 is 39.8 Å². The van der Waals surface area contributed by atoms with Crippen molar-refractivity contribution in [1.82, 2.24) is 0 Å². The molecule has 2 amide bonds. The summed E-state index contributed by atoms with van der Waals surface area (Å²) < 4.78 is 11.1. The SMILES string of the molecule is CCOC(=O)c1c(NC(=O)c2ccc(O[C@@H](C)C(=O)Nc3cc(C)ccc3C)cc2)sc2c1CC[C@@H](C)C2. The van der Waals surface area contributed by atoms with Crippen LogP contribution in [0.15, 0.2) is 42.5 Å². The summed E-state index contributed by atoms with van der Waals surface area (Å²) in [5.74, 6) is 0.0275. The lowest BCUT2D eigenvalue weighted by atomic mass is 9.88. The van der Waals surface area contributed by atoms with Gasteiger partial charge in [-0.3, -0.25) is 9.59 Å². The largest absolute Gasteiger partial charge is 0.481 e. The van der Waals surface area contributed by atoms with Crippen LogP contribution in [0.3, 0.4) is 0 Å². The molecule has 1 aliphatic rings. The summed E-state index contributed by atoms with van der Waals surface area (Å²) in [6.07, 6.45) is 1.97. The van der Waals surface area contributed by atoms with Gasteiger partial charge < -0.3 is 20.1 Å². The quantitative estimate of drug-likeness (QED) is 0.330. The summed E-state index contributed by atoms with van der Waals surface area (Å²) in [5, 5.41) is 6.37. The molecule has 0 spiro atoms. The molecule has 0 radical (unpaired) electrons. The first-order chi connectivity index (χ1) is 18.2. The predicted octanol–water partition coefficient (Wildman–Crippen LogP) is 6.32. The van der Waals surface area contributed by atoms with Gasteiger partial charge in [-0.25, -0.2) is 4.79 Å². The Labute approximate surface area is 227 Å². The summed E-state index contributed by atoms with van der Waals surface area (Å²) in [5.41, 5.74) is 4.68. The number of fused-ring (bicyclic) bond motifs is 1. The highest BCUT2D eigenvalue weighted by molar-refractivity contribution is 7.17. The fraction of sp³-hybridized carbons (Fsp3) is 0.367. The third-order valence-electron chi connectivity index (χ3n) is 6.67. The van der Waals surface area contributed by atoms with Crippen LogP contribution in [-0.4, -0.2) is 30.5 Å². The summed E-state index contributed by atoms with van der Waals surface area (Å²) in [6.45, 7) is 9.83. The van der Waals surface area contributed by atoms with E-state index in [1.807, 2.05) is 32.0 Å². The van der Waals surface area contributed by atoms with E-state index < -0.39 is 12.1 Å². The molecule has 2 atom stereocenters. The number of ether oxygens (including phenoxy) is 2. The van der Waals surface area contributed by atoms with Crippen LogP contribution in [0.4, 0.5) is 10.7 Å². The number of carbonyl (C=O) groups excluding carboxylic acids is 3. The molecular weight excluding hydrogens is 500 g/mol. The second-order valence-corrected chi connectivity index (χ2v) is 10.9. The molecule has 0 saturated heterocycles. The van der Waals surface area contributed by atoms with Crippen LogP contribution in [0.2, 0.25) is 0 Å². The minimum Gasteiger partial charge on any atom is -0.481 e. The number of carbonyl (C=O) groups is 3. The highest BCUT2D eigenvalue weighted by Crippen LogP contribution is 2.40. The van der Waals surface area contributed by atoms with Crippen molar-refractivity contribution in [2.75, 3.05) is 17.2 Å². The summed E-state index contributed by atoms with van der Waals surface area (Å²) >= 11 is 1.46. The van der Waals surface area contributed by atoms with E-state index in [0.29, 0.717) is 27.8 Å². The molecule has 2 N–H and O–H groups in total. The zero-order chi connectivity index (χ0) is 27.4. The number of esters is 1. The van der Waals surface area contributed by atoms with Gasteiger partial charge in [-0.2, -0.15) is 0 Å².